The van der Waals surface area contributed by atoms with E-state index in [1.54, 1.807) is 35.9 Å². The third-order valence-electron chi connectivity index (χ3n) is 2.07. The molecule has 0 amide bonds. The van der Waals surface area contributed by atoms with Gasteiger partial charge in [-0.25, -0.2) is 4.68 Å². The van der Waals surface area contributed by atoms with Crippen molar-refractivity contribution in [2.24, 2.45) is 7.05 Å². The van der Waals surface area contributed by atoms with E-state index >= 15 is 0 Å². The zero-order chi connectivity index (χ0) is 10.8. The number of carbonyl (C=O) groups is 1. The molecule has 78 valence electrons. The second-order valence-corrected chi connectivity index (χ2v) is 2.99. The highest BCUT2D eigenvalue weighted by atomic mass is 16.5. The van der Waals surface area contributed by atoms with Gasteiger partial charge in [0.2, 0.25) is 0 Å². The van der Waals surface area contributed by atoms with E-state index in [9.17, 15) is 4.79 Å². The predicted octanol–water partition coefficient (Wildman–Crippen LogP) is 0.427. The van der Waals surface area contributed by atoms with Gasteiger partial charge in [0.25, 0.3) is 0 Å². The Morgan fingerprint density at radius 3 is 2.80 bits per heavy atom. The van der Waals surface area contributed by atoms with Gasteiger partial charge in [0, 0.05) is 7.05 Å². The number of aryl methyl sites for hydroxylation is 1. The van der Waals surface area contributed by atoms with Crippen molar-refractivity contribution in [2.75, 3.05) is 7.11 Å². The van der Waals surface area contributed by atoms with E-state index in [0.717, 1.165) is 6.29 Å². The Morgan fingerprint density at radius 1 is 1.40 bits per heavy atom. The van der Waals surface area contributed by atoms with Crippen LogP contribution in [0, 0.1) is 0 Å². The molecule has 0 N–H and O–H groups in total. The van der Waals surface area contributed by atoms with Crippen molar-refractivity contribution < 1.29 is 9.53 Å². The maximum Gasteiger partial charge on any atom is 0.162 e. The van der Waals surface area contributed by atoms with E-state index in [-0.39, 0.29) is 0 Å². The highest BCUT2D eigenvalue weighted by molar-refractivity contribution is 5.79. The van der Waals surface area contributed by atoms with Gasteiger partial charge in [0.15, 0.2) is 17.9 Å². The minimum absolute atomic E-state index is 0.489. The van der Waals surface area contributed by atoms with Crippen molar-refractivity contribution in [3.63, 3.8) is 0 Å². The van der Waals surface area contributed by atoms with Crippen LogP contribution in [0.4, 0.5) is 0 Å². The van der Waals surface area contributed by atoms with Crippen LogP contribution in [0.1, 0.15) is 10.4 Å². The summed E-state index contributed by atoms with van der Waals surface area (Å²) in [4.78, 5) is 10.8. The normalized spacial score (nSPS) is 10.3. The van der Waals surface area contributed by atoms with Crippen molar-refractivity contribution in [1.82, 2.24) is 19.6 Å². The van der Waals surface area contributed by atoms with E-state index in [1.807, 2.05) is 0 Å². The van der Waals surface area contributed by atoms with Crippen LogP contribution in [-0.2, 0) is 7.05 Å². The summed E-state index contributed by atoms with van der Waals surface area (Å²) in [5, 5.41) is 8.05. The highest BCUT2D eigenvalue weighted by Gasteiger charge is 2.11. The molecular weight excluding hydrogens is 196 g/mol. The number of hydrogen-bond acceptors (Lipinski definition) is 4. The Hall–Kier alpha value is -2.11. The number of aromatic nitrogens is 4. The van der Waals surface area contributed by atoms with Crippen LogP contribution in [0.3, 0.4) is 0 Å². The van der Waals surface area contributed by atoms with Crippen molar-refractivity contribution >= 4 is 6.29 Å². The number of hydrogen-bond donors (Lipinski definition) is 0. The molecule has 15 heavy (non-hydrogen) atoms. The van der Waals surface area contributed by atoms with Gasteiger partial charge in [0.05, 0.1) is 31.3 Å². The van der Waals surface area contributed by atoms with Gasteiger partial charge in [-0.15, -0.1) is 0 Å². The smallest absolute Gasteiger partial charge is 0.162 e. The number of nitrogens with zero attached hydrogens (tertiary/aromatic N) is 4. The van der Waals surface area contributed by atoms with Gasteiger partial charge >= 0.3 is 0 Å². The summed E-state index contributed by atoms with van der Waals surface area (Å²) in [6.45, 7) is 0. The van der Waals surface area contributed by atoms with Crippen LogP contribution < -0.4 is 4.74 Å². The fraction of sp³-hybridized carbons (Fsp3) is 0.222. The van der Waals surface area contributed by atoms with E-state index in [1.165, 1.54) is 6.20 Å². The maximum atomic E-state index is 10.8. The molecule has 0 spiro atoms. The lowest BCUT2D eigenvalue weighted by atomic mass is 10.4. The van der Waals surface area contributed by atoms with Gasteiger partial charge in [-0.05, 0) is 0 Å². The first-order valence-corrected chi connectivity index (χ1v) is 4.32. The summed E-state index contributed by atoms with van der Waals surface area (Å²) >= 11 is 0. The first kappa shape index (κ1) is 9.45. The number of rotatable bonds is 3. The summed E-state index contributed by atoms with van der Waals surface area (Å²) < 4.78 is 8.14. The van der Waals surface area contributed by atoms with Crippen molar-refractivity contribution in [1.29, 1.82) is 0 Å². The zero-order valence-corrected chi connectivity index (χ0v) is 8.41. The SMILES string of the molecule is COc1cnn(-c2c(C=O)cnn2C)c1. The topological polar surface area (TPSA) is 61.9 Å². The summed E-state index contributed by atoms with van der Waals surface area (Å²) in [7, 11) is 3.31. The summed E-state index contributed by atoms with van der Waals surface area (Å²) in [5.41, 5.74) is 0.489. The lowest BCUT2D eigenvalue weighted by molar-refractivity contribution is 0.112. The minimum Gasteiger partial charge on any atom is -0.493 e. The number of methoxy groups -OCH3 is 1. The molecule has 2 rings (SSSR count). The molecule has 0 saturated carbocycles. The first-order valence-electron chi connectivity index (χ1n) is 4.32. The molecule has 0 bridgehead atoms. The maximum absolute atomic E-state index is 10.8. The quantitative estimate of drug-likeness (QED) is 0.683. The molecule has 0 saturated heterocycles. The highest BCUT2D eigenvalue weighted by Crippen LogP contribution is 2.14. The molecule has 0 aliphatic rings. The van der Waals surface area contributed by atoms with Crippen LogP contribution in [0.25, 0.3) is 5.82 Å². The predicted molar refractivity (Wildman–Crippen MR) is 52.3 cm³/mol. The summed E-state index contributed by atoms with van der Waals surface area (Å²) in [6.07, 6.45) is 5.50. The van der Waals surface area contributed by atoms with Gasteiger partial charge in [-0.3, -0.25) is 9.48 Å². The second kappa shape index (κ2) is 3.56. The Kier molecular flexibility index (Phi) is 2.24. The molecule has 0 aromatic carbocycles. The Morgan fingerprint density at radius 2 is 2.20 bits per heavy atom. The Balaban J connectivity index is 2.52. The monoisotopic (exact) mass is 206 g/mol. The van der Waals surface area contributed by atoms with Crippen molar-refractivity contribution in [3.05, 3.63) is 24.2 Å². The lowest BCUT2D eigenvalue weighted by Crippen LogP contribution is -2.05. The van der Waals surface area contributed by atoms with E-state index in [0.29, 0.717) is 17.1 Å². The zero-order valence-electron chi connectivity index (χ0n) is 8.41. The van der Waals surface area contributed by atoms with Gasteiger partial charge in [0.1, 0.15) is 0 Å². The first-order chi connectivity index (χ1) is 7.26. The molecule has 6 nitrogen and oxygen atoms in total. The molecule has 0 unspecified atom stereocenters. The molecule has 0 aliphatic carbocycles. The van der Waals surface area contributed by atoms with Crippen LogP contribution >= 0.6 is 0 Å². The van der Waals surface area contributed by atoms with E-state index in [2.05, 4.69) is 10.2 Å². The van der Waals surface area contributed by atoms with Crippen LogP contribution in [0.2, 0.25) is 0 Å². The molecule has 6 heteroatoms. The van der Waals surface area contributed by atoms with E-state index in [4.69, 9.17) is 4.74 Å². The van der Waals surface area contributed by atoms with Gasteiger partial charge < -0.3 is 4.74 Å². The Labute approximate surface area is 86.1 Å². The largest absolute Gasteiger partial charge is 0.493 e. The second-order valence-electron chi connectivity index (χ2n) is 2.99. The molecule has 2 heterocycles. The summed E-state index contributed by atoms with van der Waals surface area (Å²) in [5.74, 6) is 1.25. The average molecular weight is 206 g/mol. The third-order valence-corrected chi connectivity index (χ3v) is 2.07. The van der Waals surface area contributed by atoms with Gasteiger partial charge in [-0.2, -0.15) is 10.2 Å². The number of carbonyl (C=O) groups excluding carboxylic acids is 1. The standard InChI is InChI=1S/C9H10N4O2/c1-12-9(7(6-14)3-10-12)13-5-8(15-2)4-11-13/h3-6H,1-2H3. The average Bonchev–Trinajstić information content (AvgIpc) is 2.83. The third kappa shape index (κ3) is 1.50. The molecule has 0 aliphatic heterocycles. The van der Waals surface area contributed by atoms with Crippen LogP contribution in [0.15, 0.2) is 18.6 Å². The number of ether oxygens (including phenoxy) is 1. The van der Waals surface area contributed by atoms with Crippen LogP contribution in [0.5, 0.6) is 5.75 Å². The number of aldehydes is 1. The molecular formula is C9H10N4O2. The van der Waals surface area contributed by atoms with Gasteiger partial charge in [-0.1, -0.05) is 0 Å². The molecule has 0 fully saturated rings. The lowest BCUT2D eigenvalue weighted by Gasteiger charge is -2.01. The fourth-order valence-electron chi connectivity index (χ4n) is 1.34. The fourth-order valence-corrected chi connectivity index (χ4v) is 1.34. The molecule has 2 aromatic heterocycles. The molecule has 0 atom stereocenters. The van der Waals surface area contributed by atoms with Crippen molar-refractivity contribution in [3.8, 4) is 11.6 Å². The van der Waals surface area contributed by atoms with E-state index < -0.39 is 0 Å². The minimum atomic E-state index is 0.489. The molecule has 0 radical (unpaired) electrons. The van der Waals surface area contributed by atoms with Crippen molar-refractivity contribution in [2.45, 2.75) is 0 Å². The van der Waals surface area contributed by atoms with Crippen LogP contribution in [-0.4, -0.2) is 33.0 Å². The Bertz CT molecular complexity index is 486. The summed E-state index contributed by atoms with van der Waals surface area (Å²) in [6, 6.07) is 0. The molecule has 2 aromatic rings.